The zero-order valence-corrected chi connectivity index (χ0v) is 17.2. The number of nitrogens with one attached hydrogen (secondary N) is 2. The monoisotopic (exact) mass is 460 g/mol. The van der Waals surface area contributed by atoms with E-state index in [0.717, 1.165) is 36.6 Å². The Morgan fingerprint density at radius 1 is 1.20 bits per heavy atom. The maximum absolute atomic E-state index is 12.9. The van der Waals surface area contributed by atoms with Crippen molar-refractivity contribution in [2.45, 2.75) is 26.7 Å². The second-order valence-corrected chi connectivity index (χ2v) is 6.01. The van der Waals surface area contributed by atoms with Crippen molar-refractivity contribution in [1.29, 1.82) is 0 Å². The third-order valence-electron chi connectivity index (χ3n) is 3.55. The fourth-order valence-electron chi connectivity index (χ4n) is 2.16. The normalized spacial score (nSPS) is 11.3. The minimum absolute atomic E-state index is 0. The molecular weight excluding hydrogens is 434 g/mol. The van der Waals surface area contributed by atoms with Crippen LogP contribution in [0.5, 0.6) is 0 Å². The highest BCUT2D eigenvalue weighted by atomic mass is 127. The van der Waals surface area contributed by atoms with Crippen LogP contribution in [0.15, 0.2) is 39.9 Å². The summed E-state index contributed by atoms with van der Waals surface area (Å²) in [6, 6.07) is 6.11. The van der Waals surface area contributed by atoms with Gasteiger partial charge in [0, 0.05) is 32.1 Å². The van der Waals surface area contributed by atoms with Gasteiger partial charge in [-0.1, -0.05) is 13.8 Å². The van der Waals surface area contributed by atoms with E-state index in [1.807, 2.05) is 0 Å². The fourth-order valence-corrected chi connectivity index (χ4v) is 2.16. The van der Waals surface area contributed by atoms with Crippen molar-refractivity contribution in [3.05, 3.63) is 42.0 Å². The zero-order chi connectivity index (χ0) is 17.4. The molecule has 2 N–H and O–H groups in total. The van der Waals surface area contributed by atoms with Gasteiger partial charge >= 0.3 is 0 Å². The molecule has 2 rings (SSSR count). The molecule has 1 aromatic carbocycles. The van der Waals surface area contributed by atoms with Crippen LogP contribution in [0.2, 0.25) is 0 Å². The van der Waals surface area contributed by atoms with Gasteiger partial charge in [-0.2, -0.15) is 0 Å². The highest BCUT2D eigenvalue weighted by Gasteiger charge is 2.07. The van der Waals surface area contributed by atoms with E-state index < -0.39 is 0 Å². The summed E-state index contributed by atoms with van der Waals surface area (Å²) in [5.74, 6) is 1.68. The molecule has 0 saturated heterocycles. The fraction of sp³-hybridized carbons (Fsp3) is 0.444. The third kappa shape index (κ3) is 7.41. The minimum Gasteiger partial charge on any atom is -0.444 e. The molecule has 0 amide bonds. The van der Waals surface area contributed by atoms with Crippen molar-refractivity contribution in [3.8, 4) is 11.5 Å². The van der Waals surface area contributed by atoms with Crippen molar-refractivity contribution < 1.29 is 8.81 Å². The SMILES string of the molecule is CN=C(NCCc1coc(-c2ccc(F)cc2)n1)NCCC(C)C.I. The van der Waals surface area contributed by atoms with E-state index in [0.29, 0.717) is 18.4 Å². The van der Waals surface area contributed by atoms with Crippen molar-refractivity contribution >= 4 is 29.9 Å². The summed E-state index contributed by atoms with van der Waals surface area (Å²) in [4.78, 5) is 8.62. The predicted molar refractivity (Wildman–Crippen MR) is 110 cm³/mol. The molecule has 1 heterocycles. The molecule has 25 heavy (non-hydrogen) atoms. The third-order valence-corrected chi connectivity index (χ3v) is 3.55. The highest BCUT2D eigenvalue weighted by Crippen LogP contribution is 2.18. The Balaban J connectivity index is 0.00000312. The van der Waals surface area contributed by atoms with Gasteiger partial charge in [0.2, 0.25) is 5.89 Å². The molecule has 7 heteroatoms. The van der Waals surface area contributed by atoms with Crippen LogP contribution in [0, 0.1) is 11.7 Å². The Morgan fingerprint density at radius 2 is 1.88 bits per heavy atom. The van der Waals surface area contributed by atoms with Crippen LogP contribution in [-0.4, -0.2) is 31.1 Å². The molecule has 0 spiro atoms. The van der Waals surface area contributed by atoms with E-state index in [4.69, 9.17) is 4.42 Å². The number of aromatic nitrogens is 1. The average Bonchev–Trinajstić information content (AvgIpc) is 3.02. The Labute approximate surface area is 165 Å². The zero-order valence-electron chi connectivity index (χ0n) is 14.9. The van der Waals surface area contributed by atoms with E-state index >= 15 is 0 Å². The molecule has 5 nitrogen and oxygen atoms in total. The maximum atomic E-state index is 12.9. The van der Waals surface area contributed by atoms with Gasteiger partial charge < -0.3 is 15.1 Å². The first-order valence-corrected chi connectivity index (χ1v) is 8.23. The lowest BCUT2D eigenvalue weighted by atomic mass is 10.1. The summed E-state index contributed by atoms with van der Waals surface area (Å²) < 4.78 is 18.4. The molecule has 138 valence electrons. The lowest BCUT2D eigenvalue weighted by Gasteiger charge is -2.12. The first kappa shape index (κ1) is 21.4. The van der Waals surface area contributed by atoms with Crippen LogP contribution >= 0.6 is 24.0 Å². The number of nitrogens with zero attached hydrogens (tertiary/aromatic N) is 2. The Hall–Kier alpha value is -1.64. The Morgan fingerprint density at radius 3 is 2.52 bits per heavy atom. The van der Waals surface area contributed by atoms with Gasteiger partial charge in [0.05, 0.1) is 5.69 Å². The lowest BCUT2D eigenvalue weighted by molar-refractivity contribution is 0.570. The lowest BCUT2D eigenvalue weighted by Crippen LogP contribution is -2.39. The molecule has 2 aromatic rings. The second kappa shape index (κ2) is 11.1. The van der Waals surface area contributed by atoms with Crippen molar-refractivity contribution in [1.82, 2.24) is 15.6 Å². The van der Waals surface area contributed by atoms with E-state index in [9.17, 15) is 4.39 Å². The number of rotatable bonds is 7. The van der Waals surface area contributed by atoms with Crippen molar-refractivity contribution in [2.75, 3.05) is 20.1 Å². The van der Waals surface area contributed by atoms with Crippen molar-refractivity contribution in [2.24, 2.45) is 10.9 Å². The maximum Gasteiger partial charge on any atom is 0.226 e. The van der Waals surface area contributed by atoms with Crippen LogP contribution in [0.4, 0.5) is 4.39 Å². The van der Waals surface area contributed by atoms with E-state index in [1.54, 1.807) is 25.4 Å². The van der Waals surface area contributed by atoms with E-state index in [2.05, 4.69) is 34.5 Å². The first-order chi connectivity index (χ1) is 11.6. The minimum atomic E-state index is -0.272. The Bertz CT molecular complexity index is 655. The predicted octanol–water partition coefficient (Wildman–Crippen LogP) is 3.85. The van der Waals surface area contributed by atoms with Crippen LogP contribution in [0.25, 0.3) is 11.5 Å². The summed E-state index contributed by atoms with van der Waals surface area (Å²) in [6.45, 7) is 6.00. The molecule has 0 aliphatic rings. The van der Waals surface area contributed by atoms with E-state index in [-0.39, 0.29) is 29.8 Å². The Kier molecular flexibility index (Phi) is 9.48. The van der Waals surface area contributed by atoms with Crippen molar-refractivity contribution in [3.63, 3.8) is 0 Å². The van der Waals surface area contributed by atoms with Gasteiger partial charge in [-0.15, -0.1) is 24.0 Å². The van der Waals surface area contributed by atoms with Gasteiger partial charge in [0.15, 0.2) is 5.96 Å². The van der Waals surface area contributed by atoms with Crippen LogP contribution in [0.3, 0.4) is 0 Å². The topological polar surface area (TPSA) is 62.5 Å². The number of aliphatic imine (C=N–C) groups is 1. The molecule has 0 unspecified atom stereocenters. The van der Waals surface area contributed by atoms with Gasteiger partial charge in [0.1, 0.15) is 12.1 Å². The number of hydrogen-bond donors (Lipinski definition) is 2. The molecule has 1 aromatic heterocycles. The second-order valence-electron chi connectivity index (χ2n) is 6.01. The molecule has 0 fully saturated rings. The molecule has 0 atom stereocenters. The number of oxazole rings is 1. The van der Waals surface area contributed by atoms with Gasteiger partial charge in [-0.05, 0) is 36.6 Å². The quantitative estimate of drug-likeness (QED) is 0.375. The molecule has 0 saturated carbocycles. The summed E-state index contributed by atoms with van der Waals surface area (Å²) in [5.41, 5.74) is 1.61. The van der Waals surface area contributed by atoms with Crippen LogP contribution in [-0.2, 0) is 6.42 Å². The number of halogens is 2. The largest absolute Gasteiger partial charge is 0.444 e. The highest BCUT2D eigenvalue weighted by molar-refractivity contribution is 14.0. The average molecular weight is 460 g/mol. The molecule has 0 radical (unpaired) electrons. The van der Waals surface area contributed by atoms with Crippen LogP contribution < -0.4 is 10.6 Å². The number of benzene rings is 1. The van der Waals surface area contributed by atoms with E-state index in [1.165, 1.54) is 12.1 Å². The summed E-state index contributed by atoms with van der Waals surface area (Å²) in [5, 5.41) is 6.54. The first-order valence-electron chi connectivity index (χ1n) is 8.23. The van der Waals surface area contributed by atoms with Crippen LogP contribution in [0.1, 0.15) is 26.0 Å². The standard InChI is InChI=1S/C18H25FN4O.HI/c1-13(2)8-10-21-18(20-3)22-11-9-16-12-24-17(23-16)14-4-6-15(19)7-5-14;/h4-7,12-13H,8-11H2,1-3H3,(H2,20,21,22);1H. The van der Waals surface area contributed by atoms with Gasteiger partial charge in [-0.25, -0.2) is 9.37 Å². The summed E-state index contributed by atoms with van der Waals surface area (Å²) in [7, 11) is 1.76. The molecule has 0 aliphatic carbocycles. The smallest absolute Gasteiger partial charge is 0.226 e. The summed E-state index contributed by atoms with van der Waals surface area (Å²) in [6.07, 6.45) is 3.45. The molecule has 0 aliphatic heterocycles. The molecular formula is C18H26FIN4O. The summed E-state index contributed by atoms with van der Waals surface area (Å²) >= 11 is 0. The number of hydrogen-bond acceptors (Lipinski definition) is 3. The number of guanidine groups is 1. The van der Waals surface area contributed by atoms with Gasteiger partial charge in [-0.3, -0.25) is 4.99 Å². The van der Waals surface area contributed by atoms with Gasteiger partial charge in [0.25, 0.3) is 0 Å². The molecule has 0 bridgehead atoms.